The Morgan fingerprint density at radius 2 is 1.89 bits per heavy atom. The molecule has 0 aliphatic heterocycles. The van der Waals surface area contributed by atoms with Gasteiger partial charge in [-0.2, -0.15) is 13.2 Å². The molecule has 0 saturated carbocycles. The van der Waals surface area contributed by atoms with E-state index < -0.39 is 40.9 Å². The van der Waals surface area contributed by atoms with Crippen LogP contribution in [-0.2, 0) is 10.9 Å². The van der Waals surface area contributed by atoms with Crippen LogP contribution in [0.25, 0.3) is 0 Å². The Bertz CT molecular complexity index is 469. The van der Waals surface area contributed by atoms with E-state index in [1.165, 1.54) is 13.8 Å². The van der Waals surface area contributed by atoms with Crippen molar-refractivity contribution in [1.82, 2.24) is 0 Å². The van der Waals surface area contributed by atoms with Crippen LogP contribution in [0.4, 0.5) is 23.2 Å². The molecule has 0 heterocycles. The molecule has 0 unspecified atom stereocenters. The second-order valence-corrected chi connectivity index (χ2v) is 3.87. The largest absolute Gasteiger partial charge is 0.459 e. The molecule has 0 spiro atoms. The lowest BCUT2D eigenvalue weighted by molar-refractivity contribution is -0.138. The van der Waals surface area contributed by atoms with Crippen LogP contribution in [0, 0.1) is 5.82 Å². The van der Waals surface area contributed by atoms with Gasteiger partial charge in [-0.15, -0.1) is 0 Å². The van der Waals surface area contributed by atoms with E-state index in [4.69, 9.17) is 5.73 Å². The maximum Gasteiger partial charge on any atom is 0.417 e. The molecule has 7 heteroatoms. The Hall–Kier alpha value is -1.79. The number of carbonyl (C=O) groups is 1. The van der Waals surface area contributed by atoms with E-state index >= 15 is 0 Å². The zero-order valence-corrected chi connectivity index (χ0v) is 9.64. The topological polar surface area (TPSA) is 52.3 Å². The lowest BCUT2D eigenvalue weighted by Gasteiger charge is -2.14. The van der Waals surface area contributed by atoms with Crippen molar-refractivity contribution >= 4 is 11.7 Å². The summed E-state index contributed by atoms with van der Waals surface area (Å²) in [5.74, 6) is -2.42. The SMILES string of the molecule is CC(C)OC(=O)c1cc(N)c(F)cc1C(F)(F)F. The zero-order valence-electron chi connectivity index (χ0n) is 9.64. The van der Waals surface area contributed by atoms with Gasteiger partial charge in [-0.25, -0.2) is 9.18 Å². The number of carbonyl (C=O) groups excluding carboxylic acids is 1. The van der Waals surface area contributed by atoms with Crippen LogP contribution in [0.5, 0.6) is 0 Å². The molecule has 3 nitrogen and oxygen atoms in total. The minimum Gasteiger partial charge on any atom is -0.459 e. The van der Waals surface area contributed by atoms with E-state index in [9.17, 15) is 22.4 Å². The molecule has 0 bridgehead atoms. The molecule has 0 amide bonds. The molecule has 0 aliphatic rings. The Labute approximate surface area is 101 Å². The van der Waals surface area contributed by atoms with Crippen LogP contribution in [0.2, 0.25) is 0 Å². The highest BCUT2D eigenvalue weighted by Gasteiger charge is 2.37. The number of hydrogen-bond acceptors (Lipinski definition) is 3. The molecule has 0 fully saturated rings. The average molecular weight is 265 g/mol. The smallest absolute Gasteiger partial charge is 0.417 e. The normalized spacial score (nSPS) is 11.7. The van der Waals surface area contributed by atoms with E-state index in [1.807, 2.05) is 0 Å². The molecule has 0 aliphatic carbocycles. The predicted octanol–water partition coefficient (Wildman–Crippen LogP) is 2.99. The summed E-state index contributed by atoms with van der Waals surface area (Å²) in [5.41, 5.74) is 2.41. The molecule has 1 rings (SSSR count). The van der Waals surface area contributed by atoms with Crippen LogP contribution in [0.15, 0.2) is 12.1 Å². The van der Waals surface area contributed by atoms with Crippen LogP contribution in [0.3, 0.4) is 0 Å². The van der Waals surface area contributed by atoms with Crippen molar-refractivity contribution in [3.05, 3.63) is 29.1 Å². The molecular formula is C11H11F4NO2. The minimum absolute atomic E-state index is 0.187. The van der Waals surface area contributed by atoms with Crippen LogP contribution >= 0.6 is 0 Å². The van der Waals surface area contributed by atoms with Gasteiger partial charge in [-0.3, -0.25) is 0 Å². The fourth-order valence-electron chi connectivity index (χ4n) is 1.27. The van der Waals surface area contributed by atoms with Crippen LogP contribution in [0.1, 0.15) is 29.8 Å². The van der Waals surface area contributed by atoms with Crippen molar-refractivity contribution in [2.45, 2.75) is 26.1 Å². The van der Waals surface area contributed by atoms with Gasteiger partial charge in [0.2, 0.25) is 0 Å². The van der Waals surface area contributed by atoms with E-state index in [0.29, 0.717) is 6.07 Å². The summed E-state index contributed by atoms with van der Waals surface area (Å²) >= 11 is 0. The van der Waals surface area contributed by atoms with Gasteiger partial charge in [0, 0.05) is 0 Å². The number of nitrogen functional groups attached to an aromatic ring is 1. The number of ether oxygens (including phenoxy) is 1. The molecule has 1 aromatic rings. The molecule has 18 heavy (non-hydrogen) atoms. The highest BCUT2D eigenvalue weighted by molar-refractivity contribution is 5.92. The zero-order chi connectivity index (χ0) is 14.1. The van der Waals surface area contributed by atoms with Crippen molar-refractivity contribution in [2.24, 2.45) is 0 Å². The van der Waals surface area contributed by atoms with E-state index in [-0.39, 0.29) is 6.07 Å². The molecule has 100 valence electrons. The number of hydrogen-bond donors (Lipinski definition) is 1. The monoisotopic (exact) mass is 265 g/mol. The van der Waals surface area contributed by atoms with Crippen molar-refractivity contribution in [3.63, 3.8) is 0 Å². The number of halogens is 4. The Balaban J connectivity index is 3.33. The van der Waals surface area contributed by atoms with Gasteiger partial charge >= 0.3 is 12.1 Å². The average Bonchev–Trinajstić information content (AvgIpc) is 2.18. The van der Waals surface area contributed by atoms with Gasteiger partial charge in [-0.1, -0.05) is 0 Å². The Morgan fingerprint density at radius 1 is 1.33 bits per heavy atom. The number of nitrogens with two attached hydrogens (primary N) is 1. The van der Waals surface area contributed by atoms with E-state index in [0.717, 1.165) is 0 Å². The van der Waals surface area contributed by atoms with Gasteiger partial charge in [-0.05, 0) is 26.0 Å². The summed E-state index contributed by atoms with van der Waals surface area (Å²) in [6.07, 6.45) is -5.45. The summed E-state index contributed by atoms with van der Waals surface area (Å²) in [5, 5.41) is 0. The lowest BCUT2D eigenvalue weighted by Crippen LogP contribution is -2.18. The third kappa shape index (κ3) is 3.12. The third-order valence-corrected chi connectivity index (χ3v) is 2.00. The number of esters is 1. The molecular weight excluding hydrogens is 254 g/mol. The maximum absolute atomic E-state index is 13.0. The highest BCUT2D eigenvalue weighted by atomic mass is 19.4. The van der Waals surface area contributed by atoms with E-state index in [2.05, 4.69) is 4.74 Å². The number of anilines is 1. The molecule has 0 aromatic heterocycles. The first-order valence-electron chi connectivity index (χ1n) is 5.00. The Morgan fingerprint density at radius 3 is 2.33 bits per heavy atom. The molecule has 0 radical (unpaired) electrons. The minimum atomic E-state index is -4.86. The van der Waals surface area contributed by atoms with Gasteiger partial charge in [0.05, 0.1) is 22.9 Å². The summed E-state index contributed by atoms with van der Waals surface area (Å²) in [4.78, 5) is 11.5. The second kappa shape index (κ2) is 4.83. The van der Waals surface area contributed by atoms with Crippen molar-refractivity contribution in [2.75, 3.05) is 5.73 Å². The first kappa shape index (κ1) is 14.3. The van der Waals surface area contributed by atoms with Gasteiger partial charge in [0.25, 0.3) is 0 Å². The summed E-state index contributed by atoms with van der Waals surface area (Å²) in [7, 11) is 0. The first-order chi connectivity index (χ1) is 8.12. The Kier molecular flexibility index (Phi) is 3.83. The standard InChI is InChI=1S/C11H11F4NO2/c1-5(2)18-10(17)6-3-9(16)8(12)4-7(6)11(13,14)15/h3-5H,16H2,1-2H3. The highest BCUT2D eigenvalue weighted by Crippen LogP contribution is 2.34. The fraction of sp³-hybridized carbons (Fsp3) is 0.364. The fourth-order valence-corrected chi connectivity index (χ4v) is 1.27. The third-order valence-electron chi connectivity index (χ3n) is 2.00. The summed E-state index contributed by atoms with van der Waals surface area (Å²) in [6, 6.07) is 0.815. The van der Waals surface area contributed by atoms with Gasteiger partial charge < -0.3 is 10.5 Å². The molecule has 0 saturated heterocycles. The van der Waals surface area contributed by atoms with Gasteiger partial charge in [0.1, 0.15) is 5.82 Å². The molecule has 1 aromatic carbocycles. The second-order valence-electron chi connectivity index (χ2n) is 3.87. The van der Waals surface area contributed by atoms with Crippen molar-refractivity contribution in [3.8, 4) is 0 Å². The summed E-state index contributed by atoms with van der Waals surface area (Å²) in [6.45, 7) is 2.97. The number of alkyl halides is 3. The van der Waals surface area contributed by atoms with E-state index in [1.54, 1.807) is 0 Å². The molecule has 0 atom stereocenters. The molecule has 2 N–H and O–H groups in total. The number of rotatable bonds is 2. The van der Waals surface area contributed by atoms with Crippen molar-refractivity contribution in [1.29, 1.82) is 0 Å². The number of benzene rings is 1. The predicted molar refractivity (Wildman–Crippen MR) is 56.4 cm³/mol. The first-order valence-corrected chi connectivity index (χ1v) is 5.00. The van der Waals surface area contributed by atoms with Crippen molar-refractivity contribution < 1.29 is 27.1 Å². The lowest BCUT2D eigenvalue weighted by atomic mass is 10.1. The summed E-state index contributed by atoms with van der Waals surface area (Å²) < 4.78 is 55.6. The van der Waals surface area contributed by atoms with Crippen LogP contribution < -0.4 is 5.73 Å². The van der Waals surface area contributed by atoms with Crippen LogP contribution in [-0.4, -0.2) is 12.1 Å². The quantitative estimate of drug-likeness (QED) is 0.508. The maximum atomic E-state index is 13.0. The van der Waals surface area contributed by atoms with Gasteiger partial charge in [0.15, 0.2) is 0 Å².